The smallest absolute Gasteiger partial charge is 0.228 e. The van der Waals surface area contributed by atoms with Crippen LogP contribution < -0.4 is 10.2 Å². The van der Waals surface area contributed by atoms with Crippen molar-refractivity contribution in [1.29, 1.82) is 0 Å². The molecule has 1 aliphatic heterocycles. The molecule has 116 valence electrons. The van der Waals surface area contributed by atoms with Gasteiger partial charge in [0.1, 0.15) is 21.4 Å². The van der Waals surface area contributed by atoms with Crippen LogP contribution in [0, 0.1) is 5.92 Å². The number of hydrogen-bond donors (Lipinski definition) is 1. The summed E-state index contributed by atoms with van der Waals surface area (Å²) >= 11 is 0. The Bertz CT molecular complexity index is 814. The number of aromatic nitrogens is 4. The topological polar surface area (TPSA) is 75.9 Å². The summed E-state index contributed by atoms with van der Waals surface area (Å²) in [5, 5.41) is 11.7. The van der Waals surface area contributed by atoms with Crippen LogP contribution in [0.15, 0.2) is 12.3 Å². The average Bonchev–Trinajstić information content (AvgIpc) is 3.27. The first-order valence-corrected chi connectivity index (χ1v) is 7.85. The van der Waals surface area contributed by atoms with E-state index in [2.05, 4.69) is 41.1 Å². The Labute approximate surface area is 136 Å². The molecule has 0 unspecified atom stereocenters. The second-order valence-electron chi connectivity index (χ2n) is 6.82. The molecular weight excluding hydrogens is 290 g/mol. The summed E-state index contributed by atoms with van der Waals surface area (Å²) in [5.41, 5.74) is 3.64. The minimum Gasteiger partial charge on any atom is -0.376 e. The lowest BCUT2D eigenvalue weighted by atomic mass is 9.57. The maximum atomic E-state index is 12.2. The van der Waals surface area contributed by atoms with Gasteiger partial charge < -0.3 is 10.2 Å². The van der Waals surface area contributed by atoms with Crippen molar-refractivity contribution >= 4 is 33.1 Å². The van der Waals surface area contributed by atoms with E-state index in [-0.39, 0.29) is 17.2 Å². The monoisotopic (exact) mass is 308 g/mol. The van der Waals surface area contributed by atoms with Crippen LogP contribution in [0.4, 0.5) is 11.5 Å². The van der Waals surface area contributed by atoms with E-state index < -0.39 is 0 Å². The number of carbonyl (C=O) groups is 1. The molecule has 2 aromatic heterocycles. The standard InChI is InChI=1S/C14H18B2N6O/c1-21-10-8(9-11(14(21,15)16)20-22(2)19-9)5-6-17-12(10)18-13(23)7-3-4-7/h5-7H,3-4,15-16H2,1-2H3,(H,17,18,23). The fourth-order valence-corrected chi connectivity index (χ4v) is 3.08. The molecule has 0 bridgehead atoms. The van der Waals surface area contributed by atoms with Crippen LogP contribution in [0.25, 0.3) is 11.3 Å². The molecule has 7 nitrogen and oxygen atoms in total. The Morgan fingerprint density at radius 1 is 1.35 bits per heavy atom. The third-order valence-electron chi connectivity index (χ3n) is 4.84. The number of anilines is 2. The molecule has 23 heavy (non-hydrogen) atoms. The molecule has 1 N–H and O–H groups in total. The number of nitrogens with zero attached hydrogens (tertiary/aromatic N) is 5. The van der Waals surface area contributed by atoms with Gasteiger partial charge in [-0.2, -0.15) is 15.0 Å². The number of amides is 1. The first kappa shape index (κ1) is 14.3. The van der Waals surface area contributed by atoms with Crippen molar-refractivity contribution in [3.63, 3.8) is 0 Å². The first-order chi connectivity index (χ1) is 10.9. The van der Waals surface area contributed by atoms with Gasteiger partial charge in [-0.15, -0.1) is 0 Å². The number of hydrogen-bond acceptors (Lipinski definition) is 5. The quantitative estimate of drug-likeness (QED) is 0.724. The van der Waals surface area contributed by atoms with E-state index in [4.69, 9.17) is 0 Å². The van der Waals surface area contributed by atoms with Crippen molar-refractivity contribution < 1.29 is 4.79 Å². The predicted molar refractivity (Wildman–Crippen MR) is 92.8 cm³/mol. The molecule has 1 amide bonds. The Morgan fingerprint density at radius 3 is 2.78 bits per heavy atom. The van der Waals surface area contributed by atoms with E-state index in [0.717, 1.165) is 35.5 Å². The maximum Gasteiger partial charge on any atom is 0.228 e. The molecule has 1 aliphatic carbocycles. The highest BCUT2D eigenvalue weighted by atomic mass is 16.2. The van der Waals surface area contributed by atoms with Gasteiger partial charge in [-0.05, 0) is 18.9 Å². The summed E-state index contributed by atoms with van der Waals surface area (Å²) in [7, 11) is 8.03. The fourth-order valence-electron chi connectivity index (χ4n) is 3.08. The molecule has 4 rings (SSSR count). The molecule has 3 heterocycles. The van der Waals surface area contributed by atoms with Crippen molar-refractivity contribution in [2.45, 2.75) is 18.2 Å². The number of carbonyl (C=O) groups excluding carboxylic acids is 1. The minimum absolute atomic E-state index is 0.0575. The molecule has 9 heteroatoms. The van der Waals surface area contributed by atoms with Gasteiger partial charge in [-0.3, -0.25) is 4.79 Å². The molecule has 0 aromatic carbocycles. The molecule has 0 atom stereocenters. The summed E-state index contributed by atoms with van der Waals surface area (Å²) in [4.78, 5) is 20.3. The van der Waals surface area contributed by atoms with Gasteiger partial charge in [0, 0.05) is 37.1 Å². The lowest BCUT2D eigenvalue weighted by molar-refractivity contribution is -0.117. The van der Waals surface area contributed by atoms with Crippen molar-refractivity contribution in [2.24, 2.45) is 13.0 Å². The first-order valence-electron chi connectivity index (χ1n) is 7.85. The van der Waals surface area contributed by atoms with Crippen molar-refractivity contribution in [3.05, 3.63) is 18.0 Å². The normalized spacial score (nSPS) is 18.3. The second kappa shape index (κ2) is 4.59. The van der Waals surface area contributed by atoms with Crippen LogP contribution in [0.2, 0.25) is 0 Å². The Balaban J connectivity index is 1.88. The van der Waals surface area contributed by atoms with E-state index >= 15 is 0 Å². The highest BCUT2D eigenvalue weighted by Gasteiger charge is 2.41. The Hall–Kier alpha value is -2.31. The third-order valence-corrected chi connectivity index (χ3v) is 4.84. The van der Waals surface area contributed by atoms with Crippen molar-refractivity contribution in [1.82, 2.24) is 20.0 Å². The molecule has 0 radical (unpaired) electrons. The molecule has 2 aromatic rings. The van der Waals surface area contributed by atoms with Crippen molar-refractivity contribution in [2.75, 3.05) is 17.3 Å². The van der Waals surface area contributed by atoms with Gasteiger partial charge in [0.05, 0.1) is 11.4 Å². The zero-order valence-corrected chi connectivity index (χ0v) is 13.8. The summed E-state index contributed by atoms with van der Waals surface area (Å²) in [6.07, 6.45) is 3.65. The maximum absolute atomic E-state index is 12.2. The summed E-state index contributed by atoms with van der Waals surface area (Å²) in [5.74, 6) is 0.801. The molecule has 0 spiro atoms. The van der Waals surface area contributed by atoms with Gasteiger partial charge >= 0.3 is 0 Å². The second-order valence-corrected chi connectivity index (χ2v) is 6.82. The average molecular weight is 308 g/mol. The van der Waals surface area contributed by atoms with E-state index in [0.29, 0.717) is 5.82 Å². The zero-order chi connectivity index (χ0) is 16.4. The van der Waals surface area contributed by atoms with Crippen LogP contribution in [-0.4, -0.2) is 48.6 Å². The third kappa shape index (κ3) is 2.06. The summed E-state index contributed by atoms with van der Waals surface area (Å²) in [6, 6.07) is 1.93. The summed E-state index contributed by atoms with van der Waals surface area (Å²) < 4.78 is 0. The van der Waals surface area contributed by atoms with Gasteiger partial charge in [0.2, 0.25) is 5.91 Å². The van der Waals surface area contributed by atoms with E-state index in [1.54, 1.807) is 11.0 Å². The summed E-state index contributed by atoms with van der Waals surface area (Å²) in [6.45, 7) is 0. The number of rotatable bonds is 2. The molecule has 1 saturated carbocycles. The van der Waals surface area contributed by atoms with E-state index in [1.165, 1.54) is 0 Å². The molecular formula is C14H18B2N6O. The predicted octanol–water partition coefficient (Wildman–Crippen LogP) is -0.948. The van der Waals surface area contributed by atoms with Gasteiger partial charge in [0.25, 0.3) is 0 Å². The Kier molecular flexibility index (Phi) is 2.86. The van der Waals surface area contributed by atoms with Crippen LogP contribution >= 0.6 is 0 Å². The highest BCUT2D eigenvalue weighted by Crippen LogP contribution is 2.45. The fraction of sp³-hybridized carbons (Fsp3) is 0.429. The number of aryl methyl sites for hydroxylation is 1. The van der Waals surface area contributed by atoms with E-state index in [1.807, 2.05) is 20.2 Å². The lowest BCUT2D eigenvalue weighted by Crippen LogP contribution is -2.48. The number of nitrogens with one attached hydrogen (secondary N) is 1. The van der Waals surface area contributed by atoms with Crippen LogP contribution in [-0.2, 0) is 17.2 Å². The molecule has 0 saturated heterocycles. The van der Waals surface area contributed by atoms with Crippen LogP contribution in [0.5, 0.6) is 0 Å². The van der Waals surface area contributed by atoms with Gasteiger partial charge in [0.15, 0.2) is 5.82 Å². The lowest BCUT2D eigenvalue weighted by Gasteiger charge is -2.41. The van der Waals surface area contributed by atoms with Crippen LogP contribution in [0.3, 0.4) is 0 Å². The Morgan fingerprint density at radius 2 is 2.09 bits per heavy atom. The highest BCUT2D eigenvalue weighted by molar-refractivity contribution is 6.42. The largest absolute Gasteiger partial charge is 0.376 e. The SMILES string of the molecule is BC1(B)c2nn(C)nc2-c2ccnc(NC(=O)C3CC3)c2N1C. The van der Waals surface area contributed by atoms with Crippen LogP contribution in [0.1, 0.15) is 18.5 Å². The minimum atomic E-state index is -0.335. The zero-order valence-electron chi connectivity index (χ0n) is 13.8. The molecule has 2 aliphatic rings. The van der Waals surface area contributed by atoms with Gasteiger partial charge in [-0.25, -0.2) is 4.98 Å². The van der Waals surface area contributed by atoms with Gasteiger partial charge in [-0.1, -0.05) is 0 Å². The number of fused-ring (bicyclic) bond motifs is 3. The molecule has 1 fully saturated rings. The van der Waals surface area contributed by atoms with E-state index in [9.17, 15) is 4.79 Å². The van der Waals surface area contributed by atoms with Crippen molar-refractivity contribution in [3.8, 4) is 11.3 Å². The number of pyridine rings is 1.